The van der Waals surface area contributed by atoms with Gasteiger partial charge < -0.3 is 10.6 Å². The minimum atomic E-state index is -3.76. The Labute approximate surface area is 168 Å². The van der Waals surface area contributed by atoms with E-state index in [1.54, 1.807) is 55.5 Å². The van der Waals surface area contributed by atoms with E-state index >= 15 is 0 Å². The highest BCUT2D eigenvalue weighted by molar-refractivity contribution is 7.92. The van der Waals surface area contributed by atoms with Crippen molar-refractivity contribution in [3.63, 3.8) is 0 Å². The van der Waals surface area contributed by atoms with Crippen LogP contribution in [0.3, 0.4) is 0 Å². The molecule has 0 aliphatic heterocycles. The fraction of sp³-hybridized carbons (Fsp3) is 0.0500. The Bertz CT molecular complexity index is 1090. The van der Waals surface area contributed by atoms with Gasteiger partial charge in [0.05, 0.1) is 4.90 Å². The number of para-hydroxylation sites is 1. The highest BCUT2D eigenvalue weighted by Crippen LogP contribution is 2.23. The van der Waals surface area contributed by atoms with Crippen LogP contribution in [0.15, 0.2) is 77.7 Å². The number of sulfonamides is 1. The van der Waals surface area contributed by atoms with Crippen molar-refractivity contribution < 1.29 is 12.8 Å². The molecule has 0 spiro atoms. The van der Waals surface area contributed by atoms with Gasteiger partial charge in [-0.2, -0.15) is 0 Å². The summed E-state index contributed by atoms with van der Waals surface area (Å²) in [5, 5.41) is 6.12. The van der Waals surface area contributed by atoms with Gasteiger partial charge in [0.15, 0.2) is 5.11 Å². The van der Waals surface area contributed by atoms with Crippen LogP contribution in [0.5, 0.6) is 0 Å². The molecule has 0 heterocycles. The van der Waals surface area contributed by atoms with E-state index in [4.69, 9.17) is 12.2 Å². The molecule has 0 atom stereocenters. The number of anilines is 3. The van der Waals surface area contributed by atoms with Gasteiger partial charge in [0.1, 0.15) is 5.82 Å². The largest absolute Gasteiger partial charge is 0.332 e. The molecule has 8 heteroatoms. The number of rotatable bonds is 5. The first-order valence-electron chi connectivity index (χ1n) is 8.35. The fourth-order valence-corrected chi connectivity index (χ4v) is 4.08. The summed E-state index contributed by atoms with van der Waals surface area (Å²) in [4.78, 5) is 0.144. The molecule has 144 valence electrons. The van der Waals surface area contributed by atoms with Gasteiger partial charge in [-0.25, -0.2) is 12.8 Å². The Morgan fingerprint density at radius 3 is 2.14 bits per heavy atom. The molecule has 0 unspecified atom stereocenters. The van der Waals surface area contributed by atoms with Crippen LogP contribution in [0.1, 0.15) is 5.56 Å². The van der Waals surface area contributed by atoms with Crippen LogP contribution in [-0.2, 0) is 10.0 Å². The molecule has 5 nitrogen and oxygen atoms in total. The summed E-state index contributed by atoms with van der Waals surface area (Å²) in [6, 6.07) is 19.3. The summed E-state index contributed by atoms with van der Waals surface area (Å²) < 4.78 is 41.1. The number of halogens is 1. The van der Waals surface area contributed by atoms with Gasteiger partial charge in [-0.15, -0.1) is 0 Å². The highest BCUT2D eigenvalue weighted by Gasteiger charge is 2.18. The standard InChI is InChI=1S/C20H18FN3O2S2/c1-14-7-10-18(23-20(27)22-16-11-8-15(21)9-12-16)13-19(14)28(25,26)24-17-5-3-2-4-6-17/h2-13,24H,1H3,(H2,22,23,27). The average molecular weight is 416 g/mol. The number of nitrogens with one attached hydrogen (secondary N) is 3. The van der Waals surface area contributed by atoms with E-state index in [0.717, 1.165) is 0 Å². The maximum atomic E-state index is 13.0. The van der Waals surface area contributed by atoms with E-state index in [1.165, 1.54) is 18.2 Å². The van der Waals surface area contributed by atoms with Gasteiger partial charge >= 0.3 is 0 Å². The minimum absolute atomic E-state index is 0.144. The normalized spacial score (nSPS) is 10.9. The van der Waals surface area contributed by atoms with Crippen LogP contribution in [0, 0.1) is 12.7 Å². The lowest BCUT2D eigenvalue weighted by atomic mass is 10.2. The lowest BCUT2D eigenvalue weighted by molar-refractivity contribution is 0.600. The predicted molar refractivity (Wildman–Crippen MR) is 115 cm³/mol. The van der Waals surface area contributed by atoms with Gasteiger partial charge in [-0.05, 0) is 73.2 Å². The zero-order valence-electron chi connectivity index (χ0n) is 14.9. The van der Waals surface area contributed by atoms with Crippen molar-refractivity contribution in [1.82, 2.24) is 0 Å². The van der Waals surface area contributed by atoms with Gasteiger partial charge in [0, 0.05) is 17.1 Å². The smallest absolute Gasteiger partial charge is 0.262 e. The highest BCUT2D eigenvalue weighted by atomic mass is 32.2. The zero-order chi connectivity index (χ0) is 20.1. The van der Waals surface area contributed by atoms with Gasteiger partial charge in [0.25, 0.3) is 10.0 Å². The van der Waals surface area contributed by atoms with Gasteiger partial charge in [0.2, 0.25) is 0 Å². The molecule has 0 aliphatic carbocycles. The van der Waals surface area contributed by atoms with Crippen molar-refractivity contribution in [2.75, 3.05) is 15.4 Å². The number of benzene rings is 3. The van der Waals surface area contributed by atoms with Crippen LogP contribution in [0.2, 0.25) is 0 Å². The topological polar surface area (TPSA) is 70.2 Å². The fourth-order valence-electron chi connectivity index (χ4n) is 2.51. The summed E-state index contributed by atoms with van der Waals surface area (Å²) in [5.74, 6) is -0.344. The molecule has 0 radical (unpaired) electrons. The van der Waals surface area contributed by atoms with E-state index in [9.17, 15) is 12.8 Å². The molecule has 0 aromatic heterocycles. The van der Waals surface area contributed by atoms with Crippen molar-refractivity contribution in [2.24, 2.45) is 0 Å². The average Bonchev–Trinajstić information content (AvgIpc) is 2.65. The van der Waals surface area contributed by atoms with Crippen LogP contribution in [0.25, 0.3) is 0 Å². The summed E-state index contributed by atoms with van der Waals surface area (Å²) >= 11 is 5.24. The lowest BCUT2D eigenvalue weighted by Gasteiger charge is -2.14. The van der Waals surface area contributed by atoms with Crippen molar-refractivity contribution in [2.45, 2.75) is 11.8 Å². The second kappa shape index (κ2) is 8.37. The summed E-state index contributed by atoms with van der Waals surface area (Å²) in [5.41, 5.74) is 2.21. The molecular formula is C20H18FN3O2S2. The Kier molecular flexibility index (Phi) is 5.91. The summed E-state index contributed by atoms with van der Waals surface area (Å²) in [7, 11) is -3.76. The van der Waals surface area contributed by atoms with Gasteiger partial charge in [-0.3, -0.25) is 4.72 Å². The van der Waals surface area contributed by atoms with E-state index in [1.807, 2.05) is 6.07 Å². The van der Waals surface area contributed by atoms with E-state index in [-0.39, 0.29) is 15.8 Å². The SMILES string of the molecule is Cc1ccc(NC(=S)Nc2ccc(F)cc2)cc1S(=O)(=O)Nc1ccccc1. The van der Waals surface area contributed by atoms with Crippen molar-refractivity contribution in [3.05, 3.63) is 84.2 Å². The lowest BCUT2D eigenvalue weighted by Crippen LogP contribution is -2.20. The van der Waals surface area contributed by atoms with E-state index in [2.05, 4.69) is 15.4 Å². The maximum Gasteiger partial charge on any atom is 0.262 e. The Morgan fingerprint density at radius 2 is 1.46 bits per heavy atom. The first kappa shape index (κ1) is 19.8. The Hall–Kier alpha value is -2.97. The molecule has 3 aromatic rings. The zero-order valence-corrected chi connectivity index (χ0v) is 16.6. The third kappa shape index (κ3) is 5.05. The second-order valence-corrected chi connectivity index (χ2v) is 8.10. The van der Waals surface area contributed by atoms with E-state index < -0.39 is 10.0 Å². The van der Waals surface area contributed by atoms with Crippen LogP contribution in [-0.4, -0.2) is 13.5 Å². The minimum Gasteiger partial charge on any atom is -0.332 e. The first-order chi connectivity index (χ1) is 13.3. The number of thiocarbonyl (C=S) groups is 1. The molecule has 28 heavy (non-hydrogen) atoms. The molecule has 0 saturated carbocycles. The molecule has 0 amide bonds. The number of hydrogen-bond donors (Lipinski definition) is 3. The monoisotopic (exact) mass is 415 g/mol. The third-order valence-corrected chi connectivity index (χ3v) is 5.59. The number of aryl methyl sites for hydroxylation is 1. The summed E-state index contributed by atoms with van der Waals surface area (Å²) in [6.45, 7) is 1.72. The van der Waals surface area contributed by atoms with Crippen LogP contribution in [0.4, 0.5) is 21.5 Å². The second-order valence-electron chi connectivity index (χ2n) is 6.04. The number of hydrogen-bond acceptors (Lipinski definition) is 3. The first-order valence-corrected chi connectivity index (χ1v) is 10.2. The maximum absolute atomic E-state index is 13.0. The Balaban J connectivity index is 1.77. The van der Waals surface area contributed by atoms with Crippen molar-refractivity contribution in [1.29, 1.82) is 0 Å². The van der Waals surface area contributed by atoms with E-state index in [0.29, 0.717) is 22.6 Å². The van der Waals surface area contributed by atoms with Gasteiger partial charge in [-0.1, -0.05) is 24.3 Å². The molecule has 3 aromatic carbocycles. The molecule has 0 aliphatic rings. The Morgan fingerprint density at radius 1 is 0.857 bits per heavy atom. The van der Waals surface area contributed by atoms with Crippen LogP contribution >= 0.6 is 12.2 Å². The molecule has 0 saturated heterocycles. The summed E-state index contributed by atoms with van der Waals surface area (Å²) in [6.07, 6.45) is 0. The van der Waals surface area contributed by atoms with Crippen molar-refractivity contribution >= 4 is 44.4 Å². The molecule has 3 rings (SSSR count). The molecule has 3 N–H and O–H groups in total. The molecule has 0 fully saturated rings. The molecular weight excluding hydrogens is 397 g/mol. The predicted octanol–water partition coefficient (Wildman–Crippen LogP) is 4.74. The van der Waals surface area contributed by atoms with Crippen molar-refractivity contribution in [3.8, 4) is 0 Å². The molecule has 0 bridgehead atoms. The van der Waals surface area contributed by atoms with Crippen LogP contribution < -0.4 is 15.4 Å². The third-order valence-electron chi connectivity index (χ3n) is 3.86. The quantitative estimate of drug-likeness (QED) is 0.525.